The zero-order valence-corrected chi connectivity index (χ0v) is 19.0. The normalized spacial score (nSPS) is 10.7. The van der Waals surface area contributed by atoms with E-state index in [2.05, 4.69) is 46.6 Å². The molecule has 1 aromatic heterocycles. The summed E-state index contributed by atoms with van der Waals surface area (Å²) in [6.07, 6.45) is 1.55. The van der Waals surface area contributed by atoms with Crippen molar-refractivity contribution in [3.63, 3.8) is 0 Å². The molecule has 1 amide bonds. The minimum absolute atomic E-state index is 0.213. The number of aromatic nitrogens is 2. The molecule has 6 N–H and O–H groups in total. The summed E-state index contributed by atoms with van der Waals surface area (Å²) in [5.74, 6) is -0.899. The van der Waals surface area contributed by atoms with E-state index in [-0.39, 0.29) is 11.3 Å². The highest BCUT2D eigenvalue weighted by Crippen LogP contribution is 2.28. The van der Waals surface area contributed by atoms with Gasteiger partial charge in [-0.05, 0) is 71.3 Å². The molecule has 0 unspecified atom stereocenters. The van der Waals surface area contributed by atoms with Crippen LogP contribution in [0.5, 0.6) is 0 Å². The number of likely N-dealkylation sites (N-methyl/N-ethyl adjacent to an activating group) is 1. The number of anilines is 4. The van der Waals surface area contributed by atoms with Crippen molar-refractivity contribution >= 4 is 56.9 Å². The van der Waals surface area contributed by atoms with Crippen LogP contribution in [-0.4, -0.2) is 36.0 Å². The van der Waals surface area contributed by atoms with Crippen molar-refractivity contribution in [2.24, 2.45) is 5.73 Å². The Labute approximate surface area is 191 Å². The Morgan fingerprint density at radius 2 is 1.94 bits per heavy atom. The predicted octanol–water partition coefficient (Wildman–Crippen LogP) is 3.78. The molecule has 0 spiro atoms. The van der Waals surface area contributed by atoms with Gasteiger partial charge in [0.25, 0.3) is 5.91 Å². The molecule has 2 aromatic carbocycles. The first-order valence-electron chi connectivity index (χ1n) is 9.27. The van der Waals surface area contributed by atoms with Crippen LogP contribution in [-0.2, 0) is 0 Å². The summed E-state index contributed by atoms with van der Waals surface area (Å²) in [5, 5.41) is 9.13. The zero-order valence-electron chi connectivity index (χ0n) is 16.6. The Bertz CT molecular complexity index is 1050. The SMILES string of the molecule is CNCCNSc1ccc(Nc2ncc(Br)c(Nc3cccc(F)c3C(N)=O)n2)cc1. The van der Waals surface area contributed by atoms with E-state index in [9.17, 15) is 9.18 Å². The van der Waals surface area contributed by atoms with Gasteiger partial charge in [0, 0.05) is 29.9 Å². The van der Waals surface area contributed by atoms with E-state index in [1.54, 1.807) is 24.2 Å². The van der Waals surface area contributed by atoms with Gasteiger partial charge < -0.3 is 21.7 Å². The van der Waals surface area contributed by atoms with E-state index in [4.69, 9.17) is 5.73 Å². The number of rotatable bonds is 10. The number of carbonyl (C=O) groups is 1. The van der Waals surface area contributed by atoms with Crippen LogP contribution in [0.1, 0.15) is 10.4 Å². The molecule has 1 heterocycles. The van der Waals surface area contributed by atoms with Gasteiger partial charge >= 0.3 is 0 Å². The van der Waals surface area contributed by atoms with Gasteiger partial charge in [0.05, 0.1) is 15.7 Å². The first-order valence-corrected chi connectivity index (χ1v) is 10.9. The number of benzene rings is 2. The van der Waals surface area contributed by atoms with Crippen LogP contribution >= 0.6 is 27.9 Å². The van der Waals surface area contributed by atoms with Crippen LogP contribution < -0.4 is 26.4 Å². The second kappa shape index (κ2) is 11.0. The maximum Gasteiger partial charge on any atom is 0.253 e. The summed E-state index contributed by atoms with van der Waals surface area (Å²) in [6.45, 7) is 1.74. The molecule has 8 nitrogen and oxygen atoms in total. The van der Waals surface area contributed by atoms with E-state index < -0.39 is 11.7 Å². The molecule has 0 aliphatic rings. The van der Waals surface area contributed by atoms with Gasteiger partial charge in [-0.1, -0.05) is 6.07 Å². The number of primary amides is 1. The fourth-order valence-electron chi connectivity index (χ4n) is 2.57. The highest BCUT2D eigenvalue weighted by molar-refractivity contribution is 9.10. The Hall–Kier alpha value is -2.73. The third-order valence-corrected chi connectivity index (χ3v) is 5.47. The summed E-state index contributed by atoms with van der Waals surface area (Å²) >= 11 is 4.91. The topological polar surface area (TPSA) is 117 Å². The lowest BCUT2D eigenvalue weighted by molar-refractivity contribution is 0.0997. The minimum Gasteiger partial charge on any atom is -0.365 e. The van der Waals surface area contributed by atoms with Crippen molar-refractivity contribution in [1.29, 1.82) is 0 Å². The Balaban J connectivity index is 1.72. The number of carbonyl (C=O) groups excluding carboxylic acids is 1. The minimum atomic E-state index is -0.873. The third kappa shape index (κ3) is 6.37. The van der Waals surface area contributed by atoms with Crippen molar-refractivity contribution in [2.75, 3.05) is 30.8 Å². The van der Waals surface area contributed by atoms with Crippen LogP contribution in [0.25, 0.3) is 0 Å². The number of amides is 1. The first-order chi connectivity index (χ1) is 15.0. The maximum atomic E-state index is 14.0. The monoisotopic (exact) mass is 505 g/mol. The second-order valence-corrected chi connectivity index (χ2v) is 8.11. The van der Waals surface area contributed by atoms with Crippen LogP contribution in [0.15, 0.2) is 58.0 Å². The van der Waals surface area contributed by atoms with E-state index >= 15 is 0 Å². The average Bonchev–Trinajstić information content (AvgIpc) is 2.74. The van der Waals surface area contributed by atoms with Gasteiger partial charge in [0.15, 0.2) is 0 Å². The van der Waals surface area contributed by atoms with Gasteiger partial charge in [-0.25, -0.2) is 9.37 Å². The number of nitrogens with two attached hydrogens (primary N) is 1. The molecule has 3 aromatic rings. The number of hydrogen-bond acceptors (Lipinski definition) is 8. The van der Waals surface area contributed by atoms with Crippen molar-refractivity contribution in [3.8, 4) is 0 Å². The lowest BCUT2D eigenvalue weighted by Gasteiger charge is -2.13. The summed E-state index contributed by atoms with van der Waals surface area (Å²) < 4.78 is 17.8. The van der Waals surface area contributed by atoms with E-state index in [1.807, 2.05) is 31.3 Å². The zero-order chi connectivity index (χ0) is 22.2. The molecule has 0 saturated heterocycles. The molecule has 3 rings (SSSR count). The van der Waals surface area contributed by atoms with Gasteiger partial charge in [-0.3, -0.25) is 9.52 Å². The Morgan fingerprint density at radius 1 is 1.16 bits per heavy atom. The first kappa shape index (κ1) is 22.9. The van der Waals surface area contributed by atoms with Crippen LogP contribution in [0, 0.1) is 5.82 Å². The van der Waals surface area contributed by atoms with Crippen LogP contribution in [0.4, 0.5) is 27.5 Å². The number of nitrogens with one attached hydrogen (secondary N) is 4. The predicted molar refractivity (Wildman–Crippen MR) is 125 cm³/mol. The highest BCUT2D eigenvalue weighted by Gasteiger charge is 2.16. The van der Waals surface area contributed by atoms with E-state index in [1.165, 1.54) is 12.1 Å². The lowest BCUT2D eigenvalue weighted by Crippen LogP contribution is -2.19. The van der Waals surface area contributed by atoms with Gasteiger partial charge in [0.2, 0.25) is 5.95 Å². The fourth-order valence-corrected chi connectivity index (χ4v) is 3.50. The van der Waals surface area contributed by atoms with Gasteiger partial charge in [-0.2, -0.15) is 4.98 Å². The fraction of sp³-hybridized carbons (Fsp3) is 0.150. The molecule has 0 fully saturated rings. The molecule has 0 bridgehead atoms. The smallest absolute Gasteiger partial charge is 0.253 e. The third-order valence-electron chi connectivity index (χ3n) is 4.03. The molecule has 0 atom stereocenters. The van der Waals surface area contributed by atoms with Crippen molar-refractivity contribution in [2.45, 2.75) is 4.90 Å². The highest BCUT2D eigenvalue weighted by atomic mass is 79.9. The summed E-state index contributed by atoms with van der Waals surface area (Å²) in [4.78, 5) is 21.4. The van der Waals surface area contributed by atoms with Crippen molar-refractivity contribution in [1.82, 2.24) is 20.0 Å². The number of halogens is 2. The van der Waals surface area contributed by atoms with E-state index in [0.29, 0.717) is 16.2 Å². The lowest BCUT2D eigenvalue weighted by atomic mass is 10.1. The molecule has 162 valence electrons. The van der Waals surface area contributed by atoms with Crippen LogP contribution in [0.3, 0.4) is 0 Å². The number of hydrogen-bond donors (Lipinski definition) is 5. The number of nitrogens with zero attached hydrogens (tertiary/aromatic N) is 2. The summed E-state index contributed by atoms with van der Waals surface area (Å²) in [7, 11) is 1.91. The van der Waals surface area contributed by atoms with Gasteiger partial charge in [-0.15, -0.1) is 0 Å². The molecular formula is C20H21BrFN7OS. The molecule has 0 aliphatic heterocycles. The maximum absolute atomic E-state index is 14.0. The largest absolute Gasteiger partial charge is 0.365 e. The second-order valence-electron chi connectivity index (χ2n) is 6.29. The quantitative estimate of drug-likeness (QED) is 0.208. The van der Waals surface area contributed by atoms with Gasteiger partial charge in [0.1, 0.15) is 11.6 Å². The molecular weight excluding hydrogens is 485 g/mol. The van der Waals surface area contributed by atoms with Crippen molar-refractivity contribution in [3.05, 3.63) is 64.5 Å². The Kier molecular flexibility index (Phi) is 8.18. The molecule has 31 heavy (non-hydrogen) atoms. The van der Waals surface area contributed by atoms with Crippen molar-refractivity contribution < 1.29 is 9.18 Å². The average molecular weight is 506 g/mol. The molecule has 0 saturated carbocycles. The standard InChI is InChI=1S/C20H21BrFN7OS/c1-24-9-10-26-31-13-7-5-12(6-8-13)27-20-25-11-14(21)19(29-20)28-16-4-2-3-15(22)17(16)18(23)30/h2-8,11,24,26H,9-10H2,1H3,(H2,23,30)(H2,25,27,28,29). The molecule has 11 heteroatoms. The summed E-state index contributed by atoms with van der Waals surface area (Å²) in [6, 6.07) is 12.0. The van der Waals surface area contributed by atoms with Crippen LogP contribution in [0.2, 0.25) is 0 Å². The molecule has 0 radical (unpaired) electrons. The Morgan fingerprint density at radius 3 is 2.65 bits per heavy atom. The summed E-state index contributed by atoms with van der Waals surface area (Å²) in [5.41, 5.74) is 6.09. The van der Waals surface area contributed by atoms with E-state index in [0.717, 1.165) is 23.7 Å². The molecule has 0 aliphatic carbocycles.